The molecule has 5 nitrogen and oxygen atoms in total. The van der Waals surface area contributed by atoms with Crippen LogP contribution in [0.2, 0.25) is 0 Å². The van der Waals surface area contributed by atoms with E-state index in [1.165, 1.54) is 0 Å². The predicted octanol–water partition coefficient (Wildman–Crippen LogP) is 4.44. The average molecular weight is 397 g/mol. The van der Waals surface area contributed by atoms with Gasteiger partial charge in [0.05, 0.1) is 6.33 Å². The van der Waals surface area contributed by atoms with Crippen LogP contribution in [0.3, 0.4) is 0 Å². The van der Waals surface area contributed by atoms with Crippen molar-refractivity contribution in [2.45, 2.75) is 19.7 Å². The van der Waals surface area contributed by atoms with E-state index in [4.69, 9.17) is 4.74 Å². The van der Waals surface area contributed by atoms with Crippen LogP contribution in [-0.4, -0.2) is 15.5 Å². The summed E-state index contributed by atoms with van der Waals surface area (Å²) in [7, 11) is 0. The van der Waals surface area contributed by atoms with Crippen molar-refractivity contribution in [3.05, 3.63) is 120 Å². The summed E-state index contributed by atoms with van der Waals surface area (Å²) in [6, 6.07) is 25.3. The fourth-order valence-corrected chi connectivity index (χ4v) is 3.18. The van der Waals surface area contributed by atoms with Gasteiger partial charge in [0.15, 0.2) is 0 Å². The van der Waals surface area contributed by atoms with Crippen molar-refractivity contribution in [2.75, 3.05) is 0 Å². The van der Waals surface area contributed by atoms with Gasteiger partial charge < -0.3 is 14.6 Å². The molecule has 150 valence electrons. The lowest BCUT2D eigenvalue weighted by atomic mass is 10.1. The van der Waals surface area contributed by atoms with Crippen LogP contribution >= 0.6 is 0 Å². The standard InChI is InChI=1S/C25H23N3O2/c29-25(21-10-12-24(13-11-21)30-18-20-6-2-1-3-7-20)27-16-22-8-4-5-9-23(22)17-28-15-14-26-19-28/h1-15,19H,16-18H2,(H,27,29). The number of carbonyl (C=O) groups is 1. The molecule has 0 aliphatic heterocycles. The smallest absolute Gasteiger partial charge is 0.251 e. The summed E-state index contributed by atoms with van der Waals surface area (Å²) in [5, 5.41) is 3.01. The molecular formula is C25H23N3O2. The molecule has 0 atom stereocenters. The van der Waals surface area contributed by atoms with E-state index in [9.17, 15) is 4.79 Å². The molecule has 3 aromatic carbocycles. The van der Waals surface area contributed by atoms with Crippen LogP contribution in [0.4, 0.5) is 0 Å². The Bertz CT molecular complexity index is 1080. The van der Waals surface area contributed by atoms with Gasteiger partial charge in [0.25, 0.3) is 5.91 Å². The summed E-state index contributed by atoms with van der Waals surface area (Å²) < 4.78 is 7.79. The van der Waals surface area contributed by atoms with Gasteiger partial charge in [-0.1, -0.05) is 54.6 Å². The van der Waals surface area contributed by atoms with Crippen molar-refractivity contribution < 1.29 is 9.53 Å². The molecule has 0 aliphatic carbocycles. The molecule has 4 rings (SSSR count). The topological polar surface area (TPSA) is 56.2 Å². The van der Waals surface area contributed by atoms with Gasteiger partial charge in [0.1, 0.15) is 12.4 Å². The molecule has 0 spiro atoms. The largest absolute Gasteiger partial charge is 0.489 e. The zero-order valence-electron chi connectivity index (χ0n) is 16.6. The van der Waals surface area contributed by atoms with Crippen molar-refractivity contribution in [1.82, 2.24) is 14.9 Å². The molecule has 5 heteroatoms. The number of rotatable bonds is 8. The first-order chi connectivity index (χ1) is 14.8. The molecule has 0 fully saturated rings. The maximum atomic E-state index is 12.6. The normalized spacial score (nSPS) is 10.5. The van der Waals surface area contributed by atoms with Crippen LogP contribution in [-0.2, 0) is 19.7 Å². The minimum atomic E-state index is -0.109. The fraction of sp³-hybridized carbons (Fsp3) is 0.120. The molecule has 0 aliphatic rings. The summed E-state index contributed by atoms with van der Waals surface area (Å²) in [5.74, 6) is 0.628. The molecule has 0 unspecified atom stereocenters. The second kappa shape index (κ2) is 9.56. The first kappa shape index (κ1) is 19.5. The third-order valence-corrected chi connectivity index (χ3v) is 4.83. The van der Waals surface area contributed by atoms with E-state index >= 15 is 0 Å². The van der Waals surface area contributed by atoms with E-state index < -0.39 is 0 Å². The first-order valence-electron chi connectivity index (χ1n) is 9.85. The number of imidazole rings is 1. The van der Waals surface area contributed by atoms with Crippen molar-refractivity contribution in [3.63, 3.8) is 0 Å². The van der Waals surface area contributed by atoms with Gasteiger partial charge in [-0.25, -0.2) is 4.98 Å². The number of carbonyl (C=O) groups excluding carboxylic acids is 1. The Morgan fingerprint density at radius 3 is 2.37 bits per heavy atom. The van der Waals surface area contributed by atoms with Crippen LogP contribution in [0.1, 0.15) is 27.0 Å². The highest BCUT2D eigenvalue weighted by atomic mass is 16.5. The van der Waals surface area contributed by atoms with Crippen LogP contribution in [0.15, 0.2) is 97.6 Å². The molecule has 1 aromatic heterocycles. The number of nitrogens with zero attached hydrogens (tertiary/aromatic N) is 2. The van der Waals surface area contributed by atoms with Crippen molar-refractivity contribution in [2.24, 2.45) is 0 Å². The SMILES string of the molecule is O=C(NCc1ccccc1Cn1ccnc1)c1ccc(OCc2ccccc2)cc1. The van der Waals surface area contributed by atoms with Gasteiger partial charge in [-0.05, 0) is 41.0 Å². The lowest BCUT2D eigenvalue weighted by molar-refractivity contribution is 0.0951. The Morgan fingerprint density at radius 2 is 1.63 bits per heavy atom. The maximum Gasteiger partial charge on any atom is 0.251 e. The van der Waals surface area contributed by atoms with Crippen molar-refractivity contribution in [3.8, 4) is 5.75 Å². The summed E-state index contributed by atoms with van der Waals surface area (Å²) >= 11 is 0. The monoisotopic (exact) mass is 397 g/mol. The van der Waals surface area contributed by atoms with E-state index in [0.29, 0.717) is 18.7 Å². The summed E-state index contributed by atoms with van der Waals surface area (Å²) in [5.41, 5.74) is 3.95. The number of amides is 1. The molecule has 1 heterocycles. The number of hydrogen-bond acceptors (Lipinski definition) is 3. The Morgan fingerprint density at radius 1 is 0.900 bits per heavy atom. The number of hydrogen-bond donors (Lipinski definition) is 1. The number of nitrogens with one attached hydrogen (secondary N) is 1. The van der Waals surface area contributed by atoms with Gasteiger partial charge in [-0.15, -0.1) is 0 Å². The predicted molar refractivity (Wildman–Crippen MR) is 116 cm³/mol. The summed E-state index contributed by atoms with van der Waals surface area (Å²) in [4.78, 5) is 16.7. The molecule has 0 saturated carbocycles. The minimum Gasteiger partial charge on any atom is -0.489 e. The highest BCUT2D eigenvalue weighted by molar-refractivity contribution is 5.94. The maximum absolute atomic E-state index is 12.6. The van der Waals surface area contributed by atoms with E-state index in [2.05, 4.69) is 16.4 Å². The highest BCUT2D eigenvalue weighted by Crippen LogP contribution is 2.15. The second-order valence-electron chi connectivity index (χ2n) is 6.99. The second-order valence-corrected chi connectivity index (χ2v) is 6.99. The van der Waals surface area contributed by atoms with Gasteiger partial charge >= 0.3 is 0 Å². The molecular weight excluding hydrogens is 374 g/mol. The third kappa shape index (κ3) is 5.14. The first-order valence-corrected chi connectivity index (χ1v) is 9.85. The van der Waals surface area contributed by atoms with Crippen molar-refractivity contribution >= 4 is 5.91 Å². The lowest BCUT2D eigenvalue weighted by Crippen LogP contribution is -2.23. The molecule has 4 aromatic rings. The highest BCUT2D eigenvalue weighted by Gasteiger charge is 2.08. The Balaban J connectivity index is 1.33. The van der Waals surface area contributed by atoms with Gasteiger partial charge in [0.2, 0.25) is 0 Å². The number of benzene rings is 3. The number of aromatic nitrogens is 2. The van der Waals surface area contributed by atoms with Crippen LogP contribution in [0, 0.1) is 0 Å². The zero-order chi connectivity index (χ0) is 20.6. The molecule has 0 saturated heterocycles. The lowest BCUT2D eigenvalue weighted by Gasteiger charge is -2.12. The Hall–Kier alpha value is -3.86. The Labute approximate surface area is 176 Å². The molecule has 0 bridgehead atoms. The van der Waals surface area contributed by atoms with Gasteiger partial charge in [-0.3, -0.25) is 4.79 Å². The molecule has 1 N–H and O–H groups in total. The average Bonchev–Trinajstić information content (AvgIpc) is 3.31. The van der Waals surface area contributed by atoms with E-state index in [0.717, 1.165) is 29.0 Å². The van der Waals surface area contributed by atoms with Crippen LogP contribution in [0.5, 0.6) is 5.75 Å². The zero-order valence-corrected chi connectivity index (χ0v) is 16.6. The molecule has 30 heavy (non-hydrogen) atoms. The summed E-state index contributed by atoms with van der Waals surface area (Å²) in [6.45, 7) is 1.69. The van der Waals surface area contributed by atoms with Crippen molar-refractivity contribution in [1.29, 1.82) is 0 Å². The molecule has 1 amide bonds. The molecule has 0 radical (unpaired) electrons. The van der Waals surface area contributed by atoms with Gasteiger partial charge in [0, 0.05) is 31.0 Å². The Kier molecular flexibility index (Phi) is 6.20. The quantitative estimate of drug-likeness (QED) is 0.478. The van der Waals surface area contributed by atoms with Gasteiger partial charge in [-0.2, -0.15) is 0 Å². The summed E-state index contributed by atoms with van der Waals surface area (Å²) in [6.07, 6.45) is 5.48. The van der Waals surface area contributed by atoms with Crippen LogP contribution < -0.4 is 10.1 Å². The van der Waals surface area contributed by atoms with E-state index in [1.807, 2.05) is 71.4 Å². The van der Waals surface area contributed by atoms with Crippen LogP contribution in [0.25, 0.3) is 0 Å². The van der Waals surface area contributed by atoms with E-state index in [-0.39, 0.29) is 5.91 Å². The minimum absolute atomic E-state index is 0.109. The fourth-order valence-electron chi connectivity index (χ4n) is 3.18. The van der Waals surface area contributed by atoms with E-state index in [1.54, 1.807) is 24.7 Å². The third-order valence-electron chi connectivity index (χ3n) is 4.83. The number of ether oxygens (including phenoxy) is 1.